The number of piperazine rings is 1. The summed E-state index contributed by atoms with van der Waals surface area (Å²) in [5.41, 5.74) is 8.50. The molecule has 1 aliphatic heterocycles. The molecule has 1 saturated heterocycles. The van der Waals surface area contributed by atoms with Crippen molar-refractivity contribution in [1.29, 1.82) is 0 Å². The lowest BCUT2D eigenvalue weighted by Gasteiger charge is -2.26. The van der Waals surface area contributed by atoms with Crippen molar-refractivity contribution in [2.24, 2.45) is 5.73 Å². The van der Waals surface area contributed by atoms with Crippen LogP contribution in [-0.4, -0.2) is 42.3 Å². The highest BCUT2D eigenvalue weighted by atomic mass is 16.2. The monoisotopic (exact) mass is 366 g/mol. The molecule has 27 heavy (non-hydrogen) atoms. The summed E-state index contributed by atoms with van der Waals surface area (Å²) in [4.78, 5) is 37.6. The van der Waals surface area contributed by atoms with Crippen LogP contribution in [0.3, 0.4) is 0 Å². The average Bonchev–Trinajstić information content (AvgIpc) is 2.72. The van der Waals surface area contributed by atoms with Crippen LogP contribution in [-0.2, 0) is 17.9 Å². The lowest BCUT2D eigenvalue weighted by atomic mass is 10.1. The summed E-state index contributed by atoms with van der Waals surface area (Å²) in [7, 11) is 0. The molecular formula is C20H22N4O3. The number of hydrogen-bond donors (Lipinski definition) is 3. The minimum atomic E-state index is -0.168. The molecule has 0 unspecified atom stereocenters. The molecule has 4 N–H and O–H groups in total. The molecule has 1 heterocycles. The molecule has 3 amide bonds. The predicted octanol–water partition coefficient (Wildman–Crippen LogP) is 0.647. The van der Waals surface area contributed by atoms with Crippen LogP contribution in [0, 0.1) is 0 Å². The predicted molar refractivity (Wildman–Crippen MR) is 101 cm³/mol. The van der Waals surface area contributed by atoms with E-state index in [1.54, 1.807) is 36.4 Å². The van der Waals surface area contributed by atoms with Crippen molar-refractivity contribution < 1.29 is 14.4 Å². The first-order chi connectivity index (χ1) is 13.1. The van der Waals surface area contributed by atoms with E-state index < -0.39 is 0 Å². The van der Waals surface area contributed by atoms with Gasteiger partial charge < -0.3 is 21.3 Å². The summed E-state index contributed by atoms with van der Waals surface area (Å²) >= 11 is 0. The highest BCUT2D eigenvalue weighted by molar-refractivity contribution is 5.97. The maximum Gasteiger partial charge on any atom is 0.254 e. The molecule has 0 radical (unpaired) electrons. The molecule has 1 aliphatic rings. The van der Waals surface area contributed by atoms with Crippen LogP contribution >= 0.6 is 0 Å². The number of rotatable bonds is 5. The second kappa shape index (κ2) is 8.46. The summed E-state index contributed by atoms with van der Waals surface area (Å²) in [5.74, 6) is -0.480. The topological polar surface area (TPSA) is 105 Å². The van der Waals surface area contributed by atoms with E-state index >= 15 is 0 Å². The summed E-state index contributed by atoms with van der Waals surface area (Å²) in [6.07, 6.45) is 0. The molecule has 2 aromatic rings. The van der Waals surface area contributed by atoms with Crippen LogP contribution in [0.4, 0.5) is 0 Å². The summed E-state index contributed by atoms with van der Waals surface area (Å²) < 4.78 is 0. The molecule has 0 saturated carbocycles. The quantitative estimate of drug-likeness (QED) is 0.722. The Morgan fingerprint density at radius 2 is 1.63 bits per heavy atom. The number of nitrogens with two attached hydrogens (primary N) is 1. The second-order valence-corrected chi connectivity index (χ2v) is 6.36. The Hall–Kier alpha value is -3.19. The smallest absolute Gasteiger partial charge is 0.254 e. The van der Waals surface area contributed by atoms with Crippen LogP contribution in [0.1, 0.15) is 31.8 Å². The zero-order valence-corrected chi connectivity index (χ0v) is 14.9. The standard InChI is InChI=1S/C20H22N4O3/c21-11-14-1-5-16(6-2-14)19(26)23-12-15-3-7-17(8-4-15)20(27)24-10-9-22-18(25)13-24/h1-8H,9-13,21H2,(H,22,25)(H,23,26). The Labute approximate surface area is 157 Å². The molecule has 7 heteroatoms. The Balaban J connectivity index is 1.56. The number of nitrogens with one attached hydrogen (secondary N) is 2. The van der Waals surface area contributed by atoms with E-state index in [9.17, 15) is 14.4 Å². The molecule has 140 valence electrons. The first-order valence-corrected chi connectivity index (χ1v) is 8.79. The fourth-order valence-electron chi connectivity index (χ4n) is 2.84. The van der Waals surface area contributed by atoms with Crippen molar-refractivity contribution in [3.63, 3.8) is 0 Å². The summed E-state index contributed by atoms with van der Waals surface area (Å²) in [6, 6.07) is 14.2. The van der Waals surface area contributed by atoms with Crippen molar-refractivity contribution in [2.75, 3.05) is 19.6 Å². The maximum atomic E-state index is 12.4. The van der Waals surface area contributed by atoms with Gasteiger partial charge >= 0.3 is 0 Å². The fourth-order valence-corrected chi connectivity index (χ4v) is 2.84. The van der Waals surface area contributed by atoms with Gasteiger partial charge in [0.2, 0.25) is 5.91 Å². The molecule has 1 fully saturated rings. The van der Waals surface area contributed by atoms with E-state index in [0.29, 0.717) is 37.3 Å². The van der Waals surface area contributed by atoms with E-state index in [0.717, 1.165) is 11.1 Å². The second-order valence-electron chi connectivity index (χ2n) is 6.36. The van der Waals surface area contributed by atoms with E-state index in [1.807, 2.05) is 12.1 Å². The van der Waals surface area contributed by atoms with Gasteiger partial charge in [0.05, 0.1) is 6.54 Å². The Bertz CT molecular complexity index is 831. The number of nitrogens with zero attached hydrogens (tertiary/aromatic N) is 1. The van der Waals surface area contributed by atoms with Crippen LogP contribution in [0.2, 0.25) is 0 Å². The lowest BCUT2D eigenvalue weighted by molar-refractivity contribution is -0.123. The minimum absolute atomic E-state index is 0.0829. The third kappa shape index (κ3) is 4.71. The zero-order chi connectivity index (χ0) is 19.2. The fraction of sp³-hybridized carbons (Fsp3) is 0.250. The zero-order valence-electron chi connectivity index (χ0n) is 14.9. The number of carbonyl (C=O) groups is 3. The van der Waals surface area contributed by atoms with Gasteiger partial charge in [-0.3, -0.25) is 14.4 Å². The number of carbonyl (C=O) groups excluding carboxylic acids is 3. The van der Waals surface area contributed by atoms with Crippen molar-refractivity contribution >= 4 is 17.7 Å². The molecule has 0 spiro atoms. The molecule has 3 rings (SSSR count). The minimum Gasteiger partial charge on any atom is -0.353 e. The van der Waals surface area contributed by atoms with Gasteiger partial charge in [-0.15, -0.1) is 0 Å². The van der Waals surface area contributed by atoms with Crippen molar-refractivity contribution in [3.8, 4) is 0 Å². The Morgan fingerprint density at radius 3 is 2.26 bits per heavy atom. The van der Waals surface area contributed by atoms with E-state index in [-0.39, 0.29) is 24.3 Å². The highest BCUT2D eigenvalue weighted by Crippen LogP contribution is 2.10. The van der Waals surface area contributed by atoms with Gasteiger partial charge in [0.1, 0.15) is 0 Å². The van der Waals surface area contributed by atoms with Gasteiger partial charge in [-0.1, -0.05) is 24.3 Å². The van der Waals surface area contributed by atoms with Crippen LogP contribution in [0.5, 0.6) is 0 Å². The van der Waals surface area contributed by atoms with Crippen LogP contribution in [0.15, 0.2) is 48.5 Å². The SMILES string of the molecule is NCc1ccc(C(=O)NCc2ccc(C(=O)N3CCNC(=O)C3)cc2)cc1. The molecule has 0 atom stereocenters. The van der Waals surface area contributed by atoms with Crippen molar-refractivity contribution in [3.05, 3.63) is 70.8 Å². The number of amides is 3. The molecule has 0 bridgehead atoms. The molecule has 0 aliphatic carbocycles. The van der Waals surface area contributed by atoms with Crippen molar-refractivity contribution in [1.82, 2.24) is 15.5 Å². The molecule has 7 nitrogen and oxygen atoms in total. The van der Waals surface area contributed by atoms with E-state index in [2.05, 4.69) is 10.6 Å². The first-order valence-electron chi connectivity index (χ1n) is 8.79. The van der Waals surface area contributed by atoms with Crippen molar-refractivity contribution in [2.45, 2.75) is 13.1 Å². The molecule has 0 aromatic heterocycles. The number of hydrogen-bond acceptors (Lipinski definition) is 4. The van der Waals surface area contributed by atoms with Gasteiger partial charge in [0.15, 0.2) is 0 Å². The summed E-state index contributed by atoms with van der Waals surface area (Å²) in [5, 5.41) is 5.55. The molecular weight excluding hydrogens is 344 g/mol. The van der Waals surface area contributed by atoms with Gasteiger partial charge in [-0.25, -0.2) is 0 Å². The lowest BCUT2D eigenvalue weighted by Crippen LogP contribution is -2.49. The summed E-state index contributed by atoms with van der Waals surface area (Å²) in [6.45, 7) is 1.86. The van der Waals surface area contributed by atoms with Gasteiger partial charge in [-0.2, -0.15) is 0 Å². The highest BCUT2D eigenvalue weighted by Gasteiger charge is 2.22. The van der Waals surface area contributed by atoms with E-state index in [1.165, 1.54) is 4.90 Å². The third-order valence-corrected chi connectivity index (χ3v) is 4.43. The maximum absolute atomic E-state index is 12.4. The molecule has 2 aromatic carbocycles. The van der Waals surface area contributed by atoms with Gasteiger partial charge in [0, 0.05) is 37.3 Å². The third-order valence-electron chi connectivity index (χ3n) is 4.43. The number of benzene rings is 2. The van der Waals surface area contributed by atoms with Crippen LogP contribution in [0.25, 0.3) is 0 Å². The average molecular weight is 366 g/mol. The normalized spacial score (nSPS) is 13.8. The Kier molecular flexibility index (Phi) is 5.83. The van der Waals surface area contributed by atoms with Crippen LogP contribution < -0.4 is 16.4 Å². The largest absolute Gasteiger partial charge is 0.353 e. The van der Waals surface area contributed by atoms with Gasteiger partial charge in [0.25, 0.3) is 11.8 Å². The Morgan fingerprint density at radius 1 is 1.00 bits per heavy atom. The first kappa shape index (κ1) is 18.6. The van der Waals surface area contributed by atoms with E-state index in [4.69, 9.17) is 5.73 Å². The van der Waals surface area contributed by atoms with Gasteiger partial charge in [-0.05, 0) is 35.4 Å².